The predicted octanol–water partition coefficient (Wildman–Crippen LogP) is 4.20. The summed E-state index contributed by atoms with van der Waals surface area (Å²) in [5, 5.41) is 3.50. The van der Waals surface area contributed by atoms with Crippen LogP contribution in [-0.4, -0.2) is 11.0 Å². The Bertz CT molecular complexity index is 611. The molecule has 3 rings (SSSR count). The average Bonchev–Trinajstić information content (AvgIpc) is 3.22. The molecule has 1 aromatic carbocycles. The van der Waals surface area contributed by atoms with Gasteiger partial charge in [0.2, 0.25) is 5.88 Å². The van der Waals surface area contributed by atoms with Crippen LogP contribution in [0.15, 0.2) is 40.9 Å². The van der Waals surface area contributed by atoms with Crippen LogP contribution >= 0.6 is 15.9 Å². The van der Waals surface area contributed by atoms with E-state index in [0.717, 1.165) is 22.5 Å². The normalized spacial score (nSPS) is 14.3. The first kappa shape index (κ1) is 13.6. The van der Waals surface area contributed by atoms with Crippen LogP contribution in [0.2, 0.25) is 0 Å². The second-order valence-corrected chi connectivity index (χ2v) is 6.02. The van der Waals surface area contributed by atoms with Crippen molar-refractivity contribution in [1.29, 1.82) is 0 Å². The largest absolute Gasteiger partial charge is 0.439 e. The fraction of sp³-hybridized carbons (Fsp3) is 0.312. The van der Waals surface area contributed by atoms with E-state index in [1.165, 1.54) is 18.4 Å². The molecule has 1 heterocycles. The molecule has 0 atom stereocenters. The quantitative estimate of drug-likeness (QED) is 0.891. The summed E-state index contributed by atoms with van der Waals surface area (Å²) >= 11 is 3.43. The van der Waals surface area contributed by atoms with Gasteiger partial charge in [0.05, 0.1) is 0 Å². The highest BCUT2D eigenvalue weighted by molar-refractivity contribution is 9.10. The fourth-order valence-electron chi connectivity index (χ4n) is 2.00. The van der Waals surface area contributed by atoms with Gasteiger partial charge in [-0.1, -0.05) is 28.1 Å². The lowest BCUT2D eigenvalue weighted by Crippen LogP contribution is -2.16. The number of halogens is 1. The first-order valence-electron chi connectivity index (χ1n) is 6.84. The Balaban J connectivity index is 1.69. The van der Waals surface area contributed by atoms with Crippen LogP contribution in [0.25, 0.3) is 0 Å². The maximum absolute atomic E-state index is 5.77. The third-order valence-corrected chi connectivity index (χ3v) is 3.84. The van der Waals surface area contributed by atoms with Crippen molar-refractivity contribution in [2.45, 2.75) is 32.4 Å². The molecule has 0 radical (unpaired) electrons. The molecule has 0 spiro atoms. The summed E-state index contributed by atoms with van der Waals surface area (Å²) in [5.74, 6) is 1.42. The zero-order valence-corrected chi connectivity index (χ0v) is 13.0. The highest BCUT2D eigenvalue weighted by Crippen LogP contribution is 2.24. The smallest absolute Gasteiger partial charge is 0.219 e. The van der Waals surface area contributed by atoms with E-state index in [-0.39, 0.29) is 0 Å². The van der Waals surface area contributed by atoms with Crippen molar-refractivity contribution in [3.8, 4) is 11.6 Å². The van der Waals surface area contributed by atoms with Crippen LogP contribution in [-0.2, 0) is 6.54 Å². The van der Waals surface area contributed by atoms with E-state index in [0.29, 0.717) is 11.9 Å². The average molecular weight is 333 g/mol. The Kier molecular flexibility index (Phi) is 4.03. The fourth-order valence-corrected chi connectivity index (χ4v) is 2.38. The van der Waals surface area contributed by atoms with Crippen molar-refractivity contribution in [2.24, 2.45) is 0 Å². The van der Waals surface area contributed by atoms with Gasteiger partial charge in [0.1, 0.15) is 5.75 Å². The zero-order chi connectivity index (χ0) is 13.9. The molecule has 20 heavy (non-hydrogen) atoms. The molecule has 104 valence electrons. The maximum Gasteiger partial charge on any atom is 0.219 e. The number of hydrogen-bond acceptors (Lipinski definition) is 3. The molecule has 1 aliphatic carbocycles. The zero-order valence-electron chi connectivity index (χ0n) is 11.4. The molecule has 1 saturated carbocycles. The topological polar surface area (TPSA) is 34.1 Å². The van der Waals surface area contributed by atoms with Gasteiger partial charge in [0.25, 0.3) is 0 Å². The van der Waals surface area contributed by atoms with Gasteiger partial charge in [-0.3, -0.25) is 0 Å². The van der Waals surface area contributed by atoms with Crippen molar-refractivity contribution in [1.82, 2.24) is 10.3 Å². The van der Waals surface area contributed by atoms with Gasteiger partial charge in [0.15, 0.2) is 0 Å². The number of hydrogen-bond donors (Lipinski definition) is 1. The minimum Gasteiger partial charge on any atom is -0.439 e. The molecule has 1 fully saturated rings. The van der Waals surface area contributed by atoms with Gasteiger partial charge in [-0.2, -0.15) is 0 Å². The van der Waals surface area contributed by atoms with Crippen molar-refractivity contribution in [3.05, 3.63) is 52.1 Å². The van der Waals surface area contributed by atoms with Crippen molar-refractivity contribution < 1.29 is 4.74 Å². The van der Waals surface area contributed by atoms with E-state index in [1.54, 1.807) is 0 Å². The highest BCUT2D eigenvalue weighted by Gasteiger charge is 2.20. The van der Waals surface area contributed by atoms with E-state index in [9.17, 15) is 0 Å². The van der Waals surface area contributed by atoms with E-state index in [4.69, 9.17) is 4.74 Å². The highest BCUT2D eigenvalue weighted by atomic mass is 79.9. The summed E-state index contributed by atoms with van der Waals surface area (Å²) in [6.07, 6.45) is 2.60. The lowest BCUT2D eigenvalue weighted by Gasteiger charge is -2.09. The molecule has 0 amide bonds. The standard InChI is InChI=1S/C16H17BrN2O/c1-11-12(10-18-14-6-7-14)5-8-16(19-11)20-15-4-2-3-13(17)9-15/h2-5,8-9,14,18H,6-7,10H2,1H3. The van der Waals surface area contributed by atoms with Gasteiger partial charge in [-0.05, 0) is 43.5 Å². The second kappa shape index (κ2) is 5.94. The predicted molar refractivity (Wildman–Crippen MR) is 83.1 cm³/mol. The van der Waals surface area contributed by atoms with Crippen molar-refractivity contribution in [3.63, 3.8) is 0 Å². The third kappa shape index (κ3) is 3.58. The first-order chi connectivity index (χ1) is 9.70. The van der Waals surface area contributed by atoms with E-state index in [2.05, 4.69) is 32.3 Å². The molecule has 0 aliphatic heterocycles. The van der Waals surface area contributed by atoms with Gasteiger partial charge < -0.3 is 10.1 Å². The molecule has 0 unspecified atom stereocenters. The summed E-state index contributed by atoms with van der Waals surface area (Å²) in [7, 11) is 0. The van der Waals surface area contributed by atoms with Crippen LogP contribution in [0, 0.1) is 6.92 Å². The second-order valence-electron chi connectivity index (χ2n) is 5.11. The summed E-state index contributed by atoms with van der Waals surface area (Å²) < 4.78 is 6.77. The minimum atomic E-state index is 0.635. The third-order valence-electron chi connectivity index (χ3n) is 3.35. The lowest BCUT2D eigenvalue weighted by atomic mass is 10.2. The Labute approximate surface area is 127 Å². The first-order valence-corrected chi connectivity index (χ1v) is 7.63. The Morgan fingerprint density at radius 3 is 2.85 bits per heavy atom. The van der Waals surface area contributed by atoms with Crippen molar-refractivity contribution in [2.75, 3.05) is 0 Å². The molecule has 0 bridgehead atoms. The number of benzene rings is 1. The van der Waals surface area contributed by atoms with Crippen LogP contribution in [0.1, 0.15) is 24.1 Å². The summed E-state index contributed by atoms with van der Waals surface area (Å²) in [5.41, 5.74) is 2.25. The molecule has 1 N–H and O–H groups in total. The van der Waals surface area contributed by atoms with Crippen molar-refractivity contribution >= 4 is 15.9 Å². The SMILES string of the molecule is Cc1nc(Oc2cccc(Br)c2)ccc1CNC1CC1. The van der Waals surface area contributed by atoms with E-state index < -0.39 is 0 Å². The Morgan fingerprint density at radius 2 is 2.15 bits per heavy atom. The molecule has 4 heteroatoms. The van der Waals surface area contributed by atoms with Crippen LogP contribution in [0.3, 0.4) is 0 Å². The van der Waals surface area contributed by atoms with Gasteiger partial charge >= 0.3 is 0 Å². The number of aryl methyl sites for hydroxylation is 1. The van der Waals surface area contributed by atoms with Crippen LogP contribution in [0.4, 0.5) is 0 Å². The Hall–Kier alpha value is -1.39. The summed E-state index contributed by atoms with van der Waals surface area (Å²) in [6, 6.07) is 12.5. The molecule has 2 aromatic rings. The summed E-state index contributed by atoms with van der Waals surface area (Å²) in [4.78, 5) is 4.52. The molecule has 3 nitrogen and oxygen atoms in total. The van der Waals surface area contributed by atoms with E-state index >= 15 is 0 Å². The Morgan fingerprint density at radius 1 is 1.30 bits per heavy atom. The van der Waals surface area contributed by atoms with E-state index in [1.807, 2.05) is 37.3 Å². The minimum absolute atomic E-state index is 0.635. The lowest BCUT2D eigenvalue weighted by molar-refractivity contribution is 0.460. The van der Waals surface area contributed by atoms with Gasteiger partial charge in [0, 0.05) is 28.8 Å². The molecular weight excluding hydrogens is 316 g/mol. The molecular formula is C16H17BrN2O. The number of ether oxygens (including phenoxy) is 1. The van der Waals surface area contributed by atoms with Crippen LogP contribution < -0.4 is 10.1 Å². The number of pyridine rings is 1. The monoisotopic (exact) mass is 332 g/mol. The van der Waals surface area contributed by atoms with Gasteiger partial charge in [-0.15, -0.1) is 0 Å². The molecule has 0 saturated heterocycles. The van der Waals surface area contributed by atoms with Crippen LogP contribution in [0.5, 0.6) is 11.6 Å². The molecule has 1 aliphatic rings. The van der Waals surface area contributed by atoms with Gasteiger partial charge in [-0.25, -0.2) is 4.98 Å². The number of nitrogens with zero attached hydrogens (tertiary/aromatic N) is 1. The maximum atomic E-state index is 5.77. The number of nitrogens with one attached hydrogen (secondary N) is 1. The summed E-state index contributed by atoms with van der Waals surface area (Å²) in [6.45, 7) is 2.92. The number of aromatic nitrogens is 1. The molecule has 1 aromatic heterocycles. The number of rotatable bonds is 5.